The molecule has 2 N–H and O–H groups in total. The van der Waals surface area contributed by atoms with Gasteiger partial charge in [-0.2, -0.15) is 0 Å². The number of amides is 1. The molecule has 98 valence electrons. The molecule has 1 atom stereocenters. The van der Waals surface area contributed by atoms with Gasteiger partial charge in [-0.05, 0) is 31.1 Å². The van der Waals surface area contributed by atoms with Crippen LogP contribution in [0.5, 0.6) is 0 Å². The fourth-order valence-electron chi connectivity index (χ4n) is 2.69. The van der Waals surface area contributed by atoms with Gasteiger partial charge in [-0.15, -0.1) is 0 Å². The predicted molar refractivity (Wildman–Crippen MR) is 66.6 cm³/mol. The number of rotatable bonds is 1. The molecule has 2 aliphatic rings. The van der Waals surface area contributed by atoms with Gasteiger partial charge in [0.15, 0.2) is 0 Å². The van der Waals surface area contributed by atoms with Crippen molar-refractivity contribution in [3.8, 4) is 0 Å². The third-order valence-corrected chi connectivity index (χ3v) is 4.11. The summed E-state index contributed by atoms with van der Waals surface area (Å²) >= 11 is 0. The van der Waals surface area contributed by atoms with Gasteiger partial charge in [0.1, 0.15) is 5.54 Å². The molecule has 0 saturated carbocycles. The highest BCUT2D eigenvalue weighted by Gasteiger charge is 2.41. The summed E-state index contributed by atoms with van der Waals surface area (Å²) in [5, 5.41) is 0. The molecular weight excluding hydrogens is 216 g/mol. The molecule has 0 aliphatic carbocycles. The number of likely N-dealkylation sites (tertiary alicyclic amines) is 1. The minimum absolute atomic E-state index is 0.0905. The maximum atomic E-state index is 12.4. The Balaban J connectivity index is 2.00. The van der Waals surface area contributed by atoms with Gasteiger partial charge in [0.25, 0.3) is 0 Å². The van der Waals surface area contributed by atoms with Crippen LogP contribution in [-0.2, 0) is 9.53 Å². The monoisotopic (exact) mass is 240 g/mol. The van der Waals surface area contributed by atoms with Gasteiger partial charge < -0.3 is 15.4 Å². The van der Waals surface area contributed by atoms with Crippen LogP contribution in [0.2, 0.25) is 0 Å². The maximum Gasteiger partial charge on any atom is 0.245 e. The summed E-state index contributed by atoms with van der Waals surface area (Å²) in [7, 11) is 0. The maximum absolute atomic E-state index is 12.4. The molecule has 0 aromatic heterocycles. The molecule has 17 heavy (non-hydrogen) atoms. The van der Waals surface area contributed by atoms with E-state index in [1.807, 2.05) is 4.90 Å². The van der Waals surface area contributed by atoms with Crippen molar-refractivity contribution in [3.63, 3.8) is 0 Å². The van der Waals surface area contributed by atoms with Gasteiger partial charge in [0.05, 0.1) is 6.61 Å². The number of ether oxygens (including phenoxy) is 1. The van der Waals surface area contributed by atoms with E-state index in [0.717, 1.165) is 25.9 Å². The SMILES string of the molecule is CC1(C)CCCN(C(=O)C2(N)CCOC2)CC1. The average molecular weight is 240 g/mol. The highest BCUT2D eigenvalue weighted by molar-refractivity contribution is 5.86. The lowest BCUT2D eigenvalue weighted by atomic mass is 9.85. The van der Waals surface area contributed by atoms with Crippen LogP contribution in [0.4, 0.5) is 0 Å². The Morgan fingerprint density at radius 1 is 1.24 bits per heavy atom. The lowest BCUT2D eigenvalue weighted by Gasteiger charge is -2.30. The summed E-state index contributed by atoms with van der Waals surface area (Å²) in [5.74, 6) is 0.0905. The van der Waals surface area contributed by atoms with Gasteiger partial charge in [-0.1, -0.05) is 13.8 Å². The first-order valence-electron chi connectivity index (χ1n) is 6.59. The summed E-state index contributed by atoms with van der Waals surface area (Å²) < 4.78 is 5.27. The van der Waals surface area contributed by atoms with Crippen LogP contribution in [-0.4, -0.2) is 42.6 Å². The molecule has 2 fully saturated rings. The minimum atomic E-state index is -0.755. The first-order valence-corrected chi connectivity index (χ1v) is 6.59. The Morgan fingerprint density at radius 3 is 2.65 bits per heavy atom. The molecule has 0 radical (unpaired) electrons. The molecule has 2 saturated heterocycles. The second-order valence-electron chi connectivity index (χ2n) is 6.27. The van der Waals surface area contributed by atoms with Crippen LogP contribution >= 0.6 is 0 Å². The lowest BCUT2D eigenvalue weighted by molar-refractivity contribution is -0.137. The Morgan fingerprint density at radius 2 is 2.00 bits per heavy atom. The molecule has 0 aromatic rings. The molecule has 0 spiro atoms. The third kappa shape index (κ3) is 2.80. The predicted octanol–water partition coefficient (Wildman–Crippen LogP) is 1.14. The van der Waals surface area contributed by atoms with Gasteiger partial charge in [-0.3, -0.25) is 4.79 Å². The smallest absolute Gasteiger partial charge is 0.245 e. The number of hydrogen-bond acceptors (Lipinski definition) is 3. The highest BCUT2D eigenvalue weighted by atomic mass is 16.5. The van der Waals surface area contributed by atoms with Crippen molar-refractivity contribution in [3.05, 3.63) is 0 Å². The molecule has 0 aromatic carbocycles. The zero-order chi connectivity index (χ0) is 12.5. The van der Waals surface area contributed by atoms with Crippen molar-refractivity contribution in [1.82, 2.24) is 4.90 Å². The van der Waals surface area contributed by atoms with E-state index in [4.69, 9.17) is 10.5 Å². The van der Waals surface area contributed by atoms with Crippen molar-refractivity contribution < 1.29 is 9.53 Å². The Kier molecular flexibility index (Phi) is 3.46. The van der Waals surface area contributed by atoms with E-state index in [-0.39, 0.29) is 5.91 Å². The zero-order valence-electron chi connectivity index (χ0n) is 11.0. The zero-order valence-corrected chi connectivity index (χ0v) is 11.0. The summed E-state index contributed by atoms with van der Waals surface area (Å²) in [4.78, 5) is 14.4. The Bertz CT molecular complexity index is 296. The average Bonchev–Trinajstić information content (AvgIpc) is 2.62. The summed E-state index contributed by atoms with van der Waals surface area (Å²) in [5.41, 5.74) is 5.73. The van der Waals surface area contributed by atoms with Crippen LogP contribution < -0.4 is 5.73 Å². The van der Waals surface area contributed by atoms with E-state index in [9.17, 15) is 4.79 Å². The van der Waals surface area contributed by atoms with E-state index < -0.39 is 5.54 Å². The lowest BCUT2D eigenvalue weighted by Crippen LogP contribution is -2.56. The fraction of sp³-hybridized carbons (Fsp3) is 0.923. The van der Waals surface area contributed by atoms with Crippen molar-refractivity contribution in [2.45, 2.75) is 45.1 Å². The largest absolute Gasteiger partial charge is 0.379 e. The standard InChI is InChI=1S/C13H24N2O2/c1-12(2)4-3-7-15(8-5-12)11(16)13(14)6-9-17-10-13/h3-10,14H2,1-2H3. The molecule has 4 heteroatoms. The number of hydrogen-bond donors (Lipinski definition) is 1. The molecule has 1 amide bonds. The molecule has 2 rings (SSSR count). The van der Waals surface area contributed by atoms with Gasteiger partial charge in [0.2, 0.25) is 5.91 Å². The van der Waals surface area contributed by atoms with E-state index >= 15 is 0 Å². The molecule has 1 unspecified atom stereocenters. The van der Waals surface area contributed by atoms with Crippen LogP contribution in [0.1, 0.15) is 39.5 Å². The summed E-state index contributed by atoms with van der Waals surface area (Å²) in [6.45, 7) is 7.23. The normalized spacial score (nSPS) is 33.5. The van der Waals surface area contributed by atoms with Crippen molar-refractivity contribution in [1.29, 1.82) is 0 Å². The summed E-state index contributed by atoms with van der Waals surface area (Å²) in [6.07, 6.45) is 3.99. The van der Waals surface area contributed by atoms with Crippen LogP contribution in [0.3, 0.4) is 0 Å². The number of carbonyl (C=O) groups is 1. The molecule has 4 nitrogen and oxygen atoms in total. The van der Waals surface area contributed by atoms with E-state index in [0.29, 0.717) is 25.0 Å². The van der Waals surface area contributed by atoms with Gasteiger partial charge >= 0.3 is 0 Å². The quantitative estimate of drug-likeness (QED) is 0.748. The van der Waals surface area contributed by atoms with Crippen molar-refractivity contribution in [2.24, 2.45) is 11.1 Å². The van der Waals surface area contributed by atoms with E-state index in [1.54, 1.807) is 0 Å². The van der Waals surface area contributed by atoms with Crippen LogP contribution in [0, 0.1) is 5.41 Å². The van der Waals surface area contributed by atoms with Crippen molar-refractivity contribution >= 4 is 5.91 Å². The number of nitrogens with two attached hydrogens (primary N) is 1. The minimum Gasteiger partial charge on any atom is -0.379 e. The Hall–Kier alpha value is -0.610. The van der Waals surface area contributed by atoms with Gasteiger partial charge in [0, 0.05) is 19.7 Å². The first kappa shape index (κ1) is 12.8. The van der Waals surface area contributed by atoms with Gasteiger partial charge in [-0.25, -0.2) is 0 Å². The number of carbonyl (C=O) groups excluding carboxylic acids is 1. The topological polar surface area (TPSA) is 55.6 Å². The van der Waals surface area contributed by atoms with Crippen LogP contribution in [0.15, 0.2) is 0 Å². The molecule has 2 heterocycles. The van der Waals surface area contributed by atoms with E-state index in [1.165, 1.54) is 6.42 Å². The first-order chi connectivity index (χ1) is 7.93. The second-order valence-corrected chi connectivity index (χ2v) is 6.27. The molecule has 2 aliphatic heterocycles. The molecular formula is C13H24N2O2. The fourth-order valence-corrected chi connectivity index (χ4v) is 2.69. The van der Waals surface area contributed by atoms with E-state index in [2.05, 4.69) is 13.8 Å². The van der Waals surface area contributed by atoms with Crippen molar-refractivity contribution in [2.75, 3.05) is 26.3 Å². The van der Waals surface area contributed by atoms with Crippen LogP contribution in [0.25, 0.3) is 0 Å². The number of nitrogens with zero attached hydrogens (tertiary/aromatic N) is 1. The molecule has 0 bridgehead atoms. The summed E-state index contributed by atoms with van der Waals surface area (Å²) in [6, 6.07) is 0. The highest BCUT2D eigenvalue weighted by Crippen LogP contribution is 2.31. The third-order valence-electron chi connectivity index (χ3n) is 4.11. The second kappa shape index (κ2) is 4.58. The Labute approximate surface area is 103 Å².